The largest absolute Gasteiger partial charge is 0.493 e. The van der Waals surface area contributed by atoms with Gasteiger partial charge in [0, 0.05) is 29.2 Å². The van der Waals surface area contributed by atoms with E-state index in [1.54, 1.807) is 0 Å². The summed E-state index contributed by atoms with van der Waals surface area (Å²) < 4.78 is 5.60. The standard InChI is InChI=1S/C11H14N2O/c1-2-14-11-8(7-12)3-4-10-9(11)5-6-13-10/h3-6,13H,2,7,12H2,1H3. The maximum atomic E-state index is 5.65. The highest BCUT2D eigenvalue weighted by Gasteiger charge is 2.07. The Morgan fingerprint density at radius 1 is 1.36 bits per heavy atom. The topological polar surface area (TPSA) is 51.0 Å². The molecule has 2 aromatic rings. The molecule has 0 unspecified atom stereocenters. The molecule has 1 aromatic heterocycles. The molecular formula is C11H14N2O. The lowest BCUT2D eigenvalue weighted by Crippen LogP contribution is -2.02. The first-order valence-corrected chi connectivity index (χ1v) is 4.78. The number of H-pyrrole nitrogens is 1. The van der Waals surface area contributed by atoms with E-state index in [0.717, 1.165) is 22.2 Å². The molecule has 0 aliphatic carbocycles. The number of aromatic amines is 1. The zero-order valence-corrected chi connectivity index (χ0v) is 8.21. The quantitative estimate of drug-likeness (QED) is 0.778. The average Bonchev–Trinajstić information content (AvgIpc) is 2.67. The van der Waals surface area contributed by atoms with Gasteiger partial charge >= 0.3 is 0 Å². The third kappa shape index (κ3) is 1.36. The van der Waals surface area contributed by atoms with Gasteiger partial charge in [0.15, 0.2) is 0 Å². The molecule has 0 aliphatic heterocycles. The fourth-order valence-corrected chi connectivity index (χ4v) is 1.63. The summed E-state index contributed by atoms with van der Waals surface area (Å²) in [4.78, 5) is 3.15. The van der Waals surface area contributed by atoms with Crippen LogP contribution in [-0.2, 0) is 6.54 Å². The molecule has 0 saturated carbocycles. The fourth-order valence-electron chi connectivity index (χ4n) is 1.63. The number of hydrogen-bond acceptors (Lipinski definition) is 2. The van der Waals surface area contributed by atoms with Gasteiger partial charge in [0.1, 0.15) is 5.75 Å². The third-order valence-electron chi connectivity index (χ3n) is 2.28. The minimum atomic E-state index is 0.510. The molecule has 0 saturated heterocycles. The number of hydrogen-bond donors (Lipinski definition) is 2. The highest BCUT2D eigenvalue weighted by molar-refractivity contribution is 5.87. The number of ether oxygens (including phenoxy) is 1. The highest BCUT2D eigenvalue weighted by Crippen LogP contribution is 2.29. The maximum Gasteiger partial charge on any atom is 0.133 e. The Morgan fingerprint density at radius 3 is 2.93 bits per heavy atom. The Morgan fingerprint density at radius 2 is 2.21 bits per heavy atom. The van der Waals surface area contributed by atoms with Crippen LogP contribution in [0.2, 0.25) is 0 Å². The molecule has 0 spiro atoms. The van der Waals surface area contributed by atoms with Gasteiger partial charge in [-0.3, -0.25) is 0 Å². The van der Waals surface area contributed by atoms with Gasteiger partial charge in [-0.15, -0.1) is 0 Å². The summed E-state index contributed by atoms with van der Waals surface area (Å²) in [5.74, 6) is 0.911. The van der Waals surface area contributed by atoms with Crippen LogP contribution in [0.15, 0.2) is 24.4 Å². The van der Waals surface area contributed by atoms with Crippen molar-refractivity contribution in [2.24, 2.45) is 5.73 Å². The van der Waals surface area contributed by atoms with E-state index in [0.29, 0.717) is 13.2 Å². The monoisotopic (exact) mass is 190 g/mol. The summed E-state index contributed by atoms with van der Waals surface area (Å²) in [5.41, 5.74) is 7.79. The number of rotatable bonds is 3. The normalized spacial score (nSPS) is 10.7. The van der Waals surface area contributed by atoms with Crippen molar-refractivity contribution in [3.05, 3.63) is 30.0 Å². The molecule has 14 heavy (non-hydrogen) atoms. The Hall–Kier alpha value is -1.48. The minimum Gasteiger partial charge on any atom is -0.493 e. The number of aromatic nitrogens is 1. The van der Waals surface area contributed by atoms with Crippen molar-refractivity contribution >= 4 is 10.9 Å². The molecule has 1 heterocycles. The van der Waals surface area contributed by atoms with Crippen LogP contribution >= 0.6 is 0 Å². The molecular weight excluding hydrogens is 176 g/mol. The summed E-state index contributed by atoms with van der Waals surface area (Å²) in [6.07, 6.45) is 1.91. The molecule has 74 valence electrons. The van der Waals surface area contributed by atoms with Crippen molar-refractivity contribution in [3.8, 4) is 5.75 Å². The van der Waals surface area contributed by atoms with E-state index in [1.165, 1.54) is 0 Å². The summed E-state index contributed by atoms with van der Waals surface area (Å²) in [6.45, 7) is 3.15. The number of nitrogens with one attached hydrogen (secondary N) is 1. The van der Waals surface area contributed by atoms with Gasteiger partial charge in [-0.25, -0.2) is 0 Å². The van der Waals surface area contributed by atoms with Crippen LogP contribution in [0.4, 0.5) is 0 Å². The van der Waals surface area contributed by atoms with Crippen LogP contribution in [0.1, 0.15) is 12.5 Å². The van der Waals surface area contributed by atoms with E-state index >= 15 is 0 Å². The first-order valence-electron chi connectivity index (χ1n) is 4.78. The molecule has 0 fully saturated rings. The van der Waals surface area contributed by atoms with Gasteiger partial charge in [0.05, 0.1) is 6.61 Å². The van der Waals surface area contributed by atoms with Crippen molar-refractivity contribution in [1.82, 2.24) is 4.98 Å². The zero-order chi connectivity index (χ0) is 9.97. The van der Waals surface area contributed by atoms with Gasteiger partial charge in [-0.1, -0.05) is 6.07 Å². The molecule has 0 aliphatic rings. The molecule has 0 amide bonds. The van der Waals surface area contributed by atoms with Crippen molar-refractivity contribution in [1.29, 1.82) is 0 Å². The Labute approximate surface area is 82.9 Å². The molecule has 0 atom stereocenters. The molecule has 0 radical (unpaired) electrons. The number of benzene rings is 1. The van der Waals surface area contributed by atoms with Crippen LogP contribution in [-0.4, -0.2) is 11.6 Å². The predicted octanol–water partition coefficient (Wildman–Crippen LogP) is 2.03. The first kappa shape index (κ1) is 9.09. The summed E-state index contributed by atoms with van der Waals surface area (Å²) in [5, 5.41) is 1.11. The lowest BCUT2D eigenvalue weighted by Gasteiger charge is -2.09. The van der Waals surface area contributed by atoms with Crippen LogP contribution in [0.5, 0.6) is 5.75 Å². The van der Waals surface area contributed by atoms with Gasteiger partial charge in [0.25, 0.3) is 0 Å². The molecule has 2 rings (SSSR count). The lowest BCUT2D eigenvalue weighted by molar-refractivity contribution is 0.341. The Balaban J connectivity index is 2.62. The predicted molar refractivity (Wildman–Crippen MR) is 57.4 cm³/mol. The van der Waals surface area contributed by atoms with Crippen molar-refractivity contribution in [2.75, 3.05) is 6.61 Å². The van der Waals surface area contributed by atoms with E-state index < -0.39 is 0 Å². The highest BCUT2D eigenvalue weighted by atomic mass is 16.5. The van der Waals surface area contributed by atoms with Gasteiger partial charge in [-0.05, 0) is 19.1 Å². The van der Waals surface area contributed by atoms with Gasteiger partial charge in [-0.2, -0.15) is 0 Å². The number of nitrogens with two attached hydrogens (primary N) is 1. The smallest absolute Gasteiger partial charge is 0.133 e. The van der Waals surface area contributed by atoms with Gasteiger partial charge in [0.2, 0.25) is 0 Å². The second-order valence-corrected chi connectivity index (χ2v) is 3.13. The number of fused-ring (bicyclic) bond motifs is 1. The minimum absolute atomic E-state index is 0.510. The van der Waals surface area contributed by atoms with Crippen molar-refractivity contribution in [3.63, 3.8) is 0 Å². The molecule has 3 N–H and O–H groups in total. The maximum absolute atomic E-state index is 5.65. The summed E-state index contributed by atoms with van der Waals surface area (Å²) in [7, 11) is 0. The second-order valence-electron chi connectivity index (χ2n) is 3.13. The van der Waals surface area contributed by atoms with Crippen molar-refractivity contribution < 1.29 is 4.74 Å². The van der Waals surface area contributed by atoms with Gasteiger partial charge < -0.3 is 15.5 Å². The first-order chi connectivity index (χ1) is 6.86. The fraction of sp³-hybridized carbons (Fsp3) is 0.273. The van der Waals surface area contributed by atoms with Crippen LogP contribution in [0, 0.1) is 0 Å². The van der Waals surface area contributed by atoms with Crippen LogP contribution < -0.4 is 10.5 Å². The van der Waals surface area contributed by atoms with E-state index in [2.05, 4.69) is 4.98 Å². The second kappa shape index (κ2) is 3.72. The van der Waals surface area contributed by atoms with E-state index in [1.807, 2.05) is 31.3 Å². The lowest BCUT2D eigenvalue weighted by atomic mass is 10.1. The molecule has 1 aromatic carbocycles. The van der Waals surface area contributed by atoms with E-state index in [9.17, 15) is 0 Å². The third-order valence-corrected chi connectivity index (χ3v) is 2.28. The van der Waals surface area contributed by atoms with E-state index in [4.69, 9.17) is 10.5 Å². The SMILES string of the molecule is CCOc1c(CN)ccc2[nH]ccc12. The molecule has 0 bridgehead atoms. The Kier molecular flexibility index (Phi) is 2.41. The van der Waals surface area contributed by atoms with E-state index in [-0.39, 0.29) is 0 Å². The summed E-state index contributed by atoms with van der Waals surface area (Å²) >= 11 is 0. The molecule has 3 heteroatoms. The zero-order valence-electron chi connectivity index (χ0n) is 8.21. The average molecular weight is 190 g/mol. The Bertz CT molecular complexity index is 434. The van der Waals surface area contributed by atoms with Crippen LogP contribution in [0.3, 0.4) is 0 Å². The van der Waals surface area contributed by atoms with Crippen LogP contribution in [0.25, 0.3) is 10.9 Å². The van der Waals surface area contributed by atoms with Crippen molar-refractivity contribution in [2.45, 2.75) is 13.5 Å². The summed E-state index contributed by atoms with van der Waals surface area (Å²) in [6, 6.07) is 6.04. The molecule has 3 nitrogen and oxygen atoms in total.